The Labute approximate surface area is 761 Å². The van der Waals surface area contributed by atoms with Crippen molar-refractivity contribution in [2.45, 2.75) is 237 Å². The van der Waals surface area contributed by atoms with E-state index in [1.165, 1.54) is 25.7 Å². The van der Waals surface area contributed by atoms with E-state index in [1.807, 2.05) is 63.7 Å². The van der Waals surface area contributed by atoms with Crippen molar-refractivity contribution in [2.24, 2.45) is 38.9 Å². The fourth-order valence-electron chi connectivity index (χ4n) is 19.4. The van der Waals surface area contributed by atoms with E-state index in [1.54, 1.807) is 9.80 Å². The highest BCUT2D eigenvalue weighted by Crippen LogP contribution is 2.32. The molecule has 0 bridgehead atoms. The lowest BCUT2D eigenvalue weighted by Gasteiger charge is -2.46. The molecule has 7 amide bonds. The summed E-state index contributed by atoms with van der Waals surface area (Å²) >= 11 is 0. The number of ether oxygens (including phenoxy) is 4. The summed E-state index contributed by atoms with van der Waals surface area (Å²) in [5, 5.41) is 8.69. The van der Waals surface area contributed by atoms with Gasteiger partial charge in [0, 0.05) is 254 Å². The predicted octanol–water partition coefficient (Wildman–Crippen LogP) is 6.97. The molecule has 0 unspecified atom stereocenters. The third-order valence-corrected chi connectivity index (χ3v) is 27.5. The van der Waals surface area contributed by atoms with Gasteiger partial charge in [0.15, 0.2) is 0 Å². The van der Waals surface area contributed by atoms with Crippen LogP contribution < -0.4 is 0 Å². The molecule has 0 radical (unpaired) electrons. The summed E-state index contributed by atoms with van der Waals surface area (Å²) in [6.45, 7) is 70.8. The molecule has 12 aliphatic heterocycles. The molecule has 13 rings (SSSR count). The van der Waals surface area contributed by atoms with Crippen molar-refractivity contribution in [1.82, 2.24) is 93.4 Å². The third-order valence-electron chi connectivity index (χ3n) is 27.5. The quantitative estimate of drug-likeness (QED) is 0.114. The molecule has 30 heteroatoms. The predicted molar refractivity (Wildman–Crippen MR) is 499 cm³/mol. The minimum absolute atomic E-state index is 0.0609. The summed E-state index contributed by atoms with van der Waals surface area (Å²) < 4.78 is 23.6. The van der Waals surface area contributed by atoms with Gasteiger partial charge in [-0.15, -0.1) is 5.10 Å². The summed E-state index contributed by atoms with van der Waals surface area (Å²) in [7, 11) is 7.26. The van der Waals surface area contributed by atoms with Crippen molar-refractivity contribution in [1.29, 1.82) is 0 Å². The third kappa shape index (κ3) is 36.1. The Morgan fingerprint density at radius 3 is 1.30 bits per heavy atom. The SMILES string of the molecule is CC(C)(C)CC(=O)N1CCC(N(CCN2CCOCC2)C2COC2)CC1.CC(C)(C)CC(=O)N1CCN(CC2CCN(CC(=O)N3CCOCC3)CC2)CC1.CC(C)(C)Cc1cn(C2CCN(C3COC3)CC2)nn1.CN(C)C(=O)CN1CCN(C2CCN(C(=O)C(C)(C)C)CC2)CC1.C[C@H]1CN(CC(=O)N(C)C)CCN1CC1CCN(C(=O)CC(C)(C)C)CC1. The fraction of sp³-hybridized carbons (Fsp3) is 0.906. The number of carbonyl (C=O) groups is 7. The van der Waals surface area contributed by atoms with Crippen molar-refractivity contribution < 1.29 is 52.5 Å². The van der Waals surface area contributed by atoms with Gasteiger partial charge in [0.2, 0.25) is 41.4 Å². The molecule has 1 atom stereocenters. The molecule has 0 saturated carbocycles. The van der Waals surface area contributed by atoms with Crippen LogP contribution in [0.15, 0.2) is 6.20 Å². The highest BCUT2D eigenvalue weighted by molar-refractivity contribution is 5.82. The first-order chi connectivity index (χ1) is 59.5. The second-order valence-corrected chi connectivity index (χ2v) is 45.1. The molecule has 30 nitrogen and oxygen atoms in total. The Balaban J connectivity index is 0.000000179. The van der Waals surface area contributed by atoms with Crippen LogP contribution in [0.5, 0.6) is 0 Å². The Morgan fingerprint density at radius 2 is 0.825 bits per heavy atom. The van der Waals surface area contributed by atoms with E-state index >= 15 is 0 Å². The van der Waals surface area contributed by atoms with Gasteiger partial charge >= 0.3 is 0 Å². The zero-order valence-corrected chi connectivity index (χ0v) is 82.9. The number of amides is 7. The van der Waals surface area contributed by atoms with Gasteiger partial charge in [-0.3, -0.25) is 77.7 Å². The lowest BCUT2D eigenvalue weighted by molar-refractivity contribution is -0.141. The maximum atomic E-state index is 12.5. The van der Waals surface area contributed by atoms with Crippen LogP contribution in [-0.2, 0) is 58.9 Å². The van der Waals surface area contributed by atoms with Crippen LogP contribution in [0.1, 0.15) is 206 Å². The number of piperidine rings is 5. The van der Waals surface area contributed by atoms with Gasteiger partial charge in [-0.05, 0) is 124 Å². The van der Waals surface area contributed by atoms with E-state index in [9.17, 15) is 33.6 Å². The summed E-state index contributed by atoms with van der Waals surface area (Å²) in [5.74, 6) is 3.21. The van der Waals surface area contributed by atoms with E-state index < -0.39 is 0 Å². The van der Waals surface area contributed by atoms with Crippen LogP contribution in [0.3, 0.4) is 0 Å². The molecule has 1 aromatic heterocycles. The maximum Gasteiger partial charge on any atom is 0.236 e. The number of hydrogen-bond donors (Lipinski definition) is 0. The van der Waals surface area contributed by atoms with Gasteiger partial charge in [-0.1, -0.05) is 109 Å². The monoisotopic (exact) mass is 1770 g/mol. The molecule has 1 aromatic rings. The van der Waals surface area contributed by atoms with Crippen LogP contribution in [-0.4, -0.2) is 455 Å². The molecular formula is C96H177N19O11. The molecule has 0 aromatic carbocycles. The van der Waals surface area contributed by atoms with Gasteiger partial charge < -0.3 is 53.2 Å². The van der Waals surface area contributed by atoms with Crippen molar-refractivity contribution in [3.05, 3.63) is 11.9 Å². The molecule has 0 spiro atoms. The Hall–Kier alpha value is -5.09. The van der Waals surface area contributed by atoms with E-state index in [0.717, 1.165) is 280 Å². The first-order valence-electron chi connectivity index (χ1n) is 49.1. The molecule has 12 fully saturated rings. The Bertz CT molecular complexity index is 3400. The average molecular weight is 1770 g/mol. The van der Waals surface area contributed by atoms with Crippen LogP contribution in [0.25, 0.3) is 0 Å². The lowest BCUT2D eigenvalue weighted by Crippen LogP contribution is -2.58. The topological polar surface area (TPSA) is 239 Å². The summed E-state index contributed by atoms with van der Waals surface area (Å²) in [5.41, 5.74) is 1.31. The standard InChI is InChI=1S/C22H40N4O3.C21H40N4O2.C20H37N3O3.C18H34N4O2.C15H26N4O/c1-22(2,3)16-20(27)25-10-8-24(9-11-25)17-19-4-6-23(7-5-19)18-21(28)26-12-14-29-15-13-26;1-17-14-23(16-20(27)22(5)6)11-12-25(17)15-18-7-9-24(10-8-18)19(26)13-21(2,3)4;1-20(2,3)14-19(24)22-6-4-17(5-7-22)23(18-15-26-16-18)9-8-21-10-12-25-13-11-21;1-18(2,3)17(24)22-8-6-15(7-9-22)21-12-10-20(11-13-21)14-16(23)19(4)5;1-15(2,3)8-12-9-19(17-16-12)13-4-6-18(7-5-13)14-10-20-11-14/h19H,4-18H2,1-3H3;17-18H,7-16H2,1-6H3;17-18H,4-16H2,1-3H3;15H,6-14H2,1-5H3;9,13-14H,4-8,10-11H2,1-3H3/t;17-;;;/m.0.../s1. The lowest BCUT2D eigenvalue weighted by atomic mass is 9.90. The first-order valence-corrected chi connectivity index (χ1v) is 49.1. The van der Waals surface area contributed by atoms with Gasteiger partial charge in [0.25, 0.3) is 0 Å². The molecule has 12 aliphatic rings. The number of aromatic nitrogens is 3. The van der Waals surface area contributed by atoms with Gasteiger partial charge in [-0.2, -0.15) is 0 Å². The second-order valence-electron chi connectivity index (χ2n) is 45.1. The molecular weight excluding hydrogens is 1600 g/mol. The van der Waals surface area contributed by atoms with Crippen molar-refractivity contribution in [2.75, 3.05) is 290 Å². The largest absolute Gasteiger partial charge is 0.379 e. The number of piperazine rings is 3. The number of morpholine rings is 2. The maximum absolute atomic E-state index is 12.5. The van der Waals surface area contributed by atoms with Crippen LogP contribution >= 0.6 is 0 Å². The average Bonchev–Trinajstić information content (AvgIpc) is 1.28. The fourth-order valence-corrected chi connectivity index (χ4v) is 19.4. The van der Waals surface area contributed by atoms with E-state index in [4.69, 9.17) is 18.9 Å². The minimum Gasteiger partial charge on any atom is -0.379 e. The van der Waals surface area contributed by atoms with Crippen LogP contribution in [0.2, 0.25) is 0 Å². The van der Waals surface area contributed by atoms with Gasteiger partial charge in [0.1, 0.15) is 0 Å². The minimum atomic E-state index is -0.280. The molecule has 13 heterocycles. The number of nitrogens with zero attached hydrogens (tertiary/aromatic N) is 19. The molecule has 0 N–H and O–H groups in total. The Morgan fingerprint density at radius 1 is 0.389 bits per heavy atom. The number of carbonyl (C=O) groups excluding carboxylic acids is 7. The summed E-state index contributed by atoms with van der Waals surface area (Å²) in [6.07, 6.45) is 16.3. The van der Waals surface area contributed by atoms with E-state index in [2.05, 4.69) is 165 Å². The highest BCUT2D eigenvalue weighted by Gasteiger charge is 2.40. The normalized spacial score (nSPS) is 23.2. The molecule has 12 saturated heterocycles. The highest BCUT2D eigenvalue weighted by atomic mass is 16.5. The summed E-state index contributed by atoms with van der Waals surface area (Å²) in [4.78, 5) is 122. The molecule has 722 valence electrons. The molecule has 126 heavy (non-hydrogen) atoms. The Kier molecular flexibility index (Phi) is 41.2. The zero-order valence-electron chi connectivity index (χ0n) is 82.9. The number of hydrogen-bond acceptors (Lipinski definition) is 22. The number of rotatable bonds is 22. The van der Waals surface area contributed by atoms with Gasteiger partial charge in [-0.25, -0.2) is 4.68 Å². The number of likely N-dealkylation sites (N-methyl/N-ethyl adjacent to an activating group) is 2. The zero-order chi connectivity index (χ0) is 91.7. The van der Waals surface area contributed by atoms with Crippen LogP contribution in [0, 0.1) is 38.9 Å². The molecule has 0 aliphatic carbocycles. The van der Waals surface area contributed by atoms with Crippen LogP contribution in [0.4, 0.5) is 0 Å². The van der Waals surface area contributed by atoms with Crippen molar-refractivity contribution in [3.8, 4) is 0 Å². The summed E-state index contributed by atoms with van der Waals surface area (Å²) in [6, 6.07) is 3.41. The van der Waals surface area contributed by atoms with Crippen molar-refractivity contribution >= 4 is 41.4 Å². The van der Waals surface area contributed by atoms with E-state index in [-0.39, 0.29) is 50.7 Å². The smallest absolute Gasteiger partial charge is 0.236 e. The van der Waals surface area contributed by atoms with Gasteiger partial charge in [0.05, 0.1) is 96.3 Å². The van der Waals surface area contributed by atoms with E-state index in [0.29, 0.717) is 118 Å². The second kappa shape index (κ2) is 49.6. The first kappa shape index (κ1) is 105. The van der Waals surface area contributed by atoms with Crippen molar-refractivity contribution in [3.63, 3.8) is 0 Å². The number of likely N-dealkylation sites (tertiary alicyclic amines) is 5.